The van der Waals surface area contributed by atoms with E-state index in [2.05, 4.69) is 10.1 Å². The van der Waals surface area contributed by atoms with Gasteiger partial charge in [-0.05, 0) is 12.8 Å². The van der Waals surface area contributed by atoms with E-state index in [1.54, 1.807) is 7.11 Å². The predicted octanol–water partition coefficient (Wildman–Crippen LogP) is 1.79. The van der Waals surface area contributed by atoms with E-state index in [4.69, 9.17) is 15.7 Å². The number of rotatable bonds is 7. The van der Waals surface area contributed by atoms with Crippen molar-refractivity contribution in [3.63, 3.8) is 0 Å². The summed E-state index contributed by atoms with van der Waals surface area (Å²) < 4.78 is 5.17. The van der Waals surface area contributed by atoms with Crippen LogP contribution in [0.15, 0.2) is 5.16 Å². The van der Waals surface area contributed by atoms with Crippen LogP contribution in [-0.4, -0.2) is 48.8 Å². The number of hydrogen-bond donors (Lipinski definition) is 2. The minimum absolute atomic E-state index is 0.311. The first-order valence-corrected chi connectivity index (χ1v) is 6.97. The molecule has 3 N–H and O–H groups in total. The van der Waals surface area contributed by atoms with Crippen molar-refractivity contribution in [3.8, 4) is 0 Å². The number of nitrogens with two attached hydrogens (primary N) is 1. The van der Waals surface area contributed by atoms with Gasteiger partial charge in [-0.25, -0.2) is 0 Å². The second-order valence-corrected chi connectivity index (χ2v) is 5.02. The number of ether oxygens (including phenoxy) is 1. The topological polar surface area (TPSA) is 71.1 Å². The summed E-state index contributed by atoms with van der Waals surface area (Å²) in [5.41, 5.74) is 5.55. The van der Waals surface area contributed by atoms with E-state index < -0.39 is 0 Å². The van der Waals surface area contributed by atoms with Crippen LogP contribution in [0, 0.1) is 0 Å². The Kier molecular flexibility index (Phi) is 7.76. The lowest BCUT2D eigenvalue weighted by Gasteiger charge is -2.30. The maximum atomic E-state index is 8.60. The van der Waals surface area contributed by atoms with Gasteiger partial charge in [0.2, 0.25) is 0 Å². The first-order valence-electron chi connectivity index (χ1n) is 6.97. The van der Waals surface area contributed by atoms with Crippen LogP contribution in [0.3, 0.4) is 0 Å². The fraction of sp³-hybridized carbons (Fsp3) is 0.923. The predicted molar refractivity (Wildman–Crippen MR) is 73.0 cm³/mol. The third kappa shape index (κ3) is 5.69. The van der Waals surface area contributed by atoms with Gasteiger partial charge >= 0.3 is 0 Å². The lowest BCUT2D eigenvalue weighted by molar-refractivity contribution is 0.114. The molecule has 0 aromatic carbocycles. The zero-order valence-corrected chi connectivity index (χ0v) is 11.5. The average Bonchev–Trinajstić information content (AvgIpc) is 2.67. The van der Waals surface area contributed by atoms with Crippen molar-refractivity contribution in [1.82, 2.24) is 4.90 Å². The molecule has 1 fully saturated rings. The number of methoxy groups -OCH3 is 1. The van der Waals surface area contributed by atoms with Gasteiger partial charge in [0.1, 0.15) is 5.84 Å². The van der Waals surface area contributed by atoms with Crippen LogP contribution in [0.4, 0.5) is 0 Å². The van der Waals surface area contributed by atoms with Gasteiger partial charge in [-0.1, -0.05) is 30.8 Å². The summed E-state index contributed by atoms with van der Waals surface area (Å²) in [6.07, 6.45) is 8.50. The van der Waals surface area contributed by atoms with Crippen LogP contribution in [0.1, 0.15) is 44.9 Å². The highest BCUT2D eigenvalue weighted by Gasteiger charge is 2.19. The number of amidine groups is 1. The lowest BCUT2D eigenvalue weighted by atomic mass is 10.1. The van der Waals surface area contributed by atoms with E-state index >= 15 is 0 Å². The van der Waals surface area contributed by atoms with Crippen molar-refractivity contribution in [2.75, 3.05) is 26.8 Å². The highest BCUT2D eigenvalue weighted by Crippen LogP contribution is 2.21. The van der Waals surface area contributed by atoms with Gasteiger partial charge < -0.3 is 15.7 Å². The van der Waals surface area contributed by atoms with Gasteiger partial charge in [0, 0.05) is 32.7 Å². The number of nitrogens with zero attached hydrogens (tertiary/aromatic N) is 2. The molecule has 18 heavy (non-hydrogen) atoms. The minimum Gasteiger partial charge on any atom is -0.409 e. The molecule has 0 atom stereocenters. The first-order chi connectivity index (χ1) is 8.77. The van der Waals surface area contributed by atoms with E-state index in [-0.39, 0.29) is 0 Å². The van der Waals surface area contributed by atoms with Crippen molar-refractivity contribution >= 4 is 5.84 Å². The standard InChI is InChI=1S/C13H27N3O2/c1-18-11-10-16(9-8-13(14)15-17)12-6-4-2-3-5-7-12/h12,17H,2-11H2,1H3,(H2,14,15). The van der Waals surface area contributed by atoms with Gasteiger partial charge in [0.15, 0.2) is 0 Å². The third-order valence-electron chi connectivity index (χ3n) is 3.71. The van der Waals surface area contributed by atoms with Gasteiger partial charge in [-0.15, -0.1) is 0 Å². The van der Waals surface area contributed by atoms with E-state index in [9.17, 15) is 0 Å². The zero-order valence-electron chi connectivity index (χ0n) is 11.5. The normalized spacial score (nSPS) is 19.1. The molecular weight excluding hydrogens is 230 g/mol. The van der Waals surface area contributed by atoms with Crippen LogP contribution in [0.25, 0.3) is 0 Å². The second-order valence-electron chi connectivity index (χ2n) is 5.02. The van der Waals surface area contributed by atoms with Crippen molar-refractivity contribution in [1.29, 1.82) is 0 Å². The summed E-state index contributed by atoms with van der Waals surface area (Å²) in [4.78, 5) is 2.44. The molecule has 1 rings (SSSR count). The molecular formula is C13H27N3O2. The Bertz CT molecular complexity index is 238. The van der Waals surface area contributed by atoms with Crippen LogP contribution in [0.5, 0.6) is 0 Å². The molecule has 0 heterocycles. The zero-order chi connectivity index (χ0) is 13.2. The molecule has 0 aliphatic heterocycles. The van der Waals surface area contributed by atoms with Gasteiger partial charge in [0.25, 0.3) is 0 Å². The molecule has 0 aromatic heterocycles. The average molecular weight is 257 g/mol. The first kappa shape index (κ1) is 15.2. The number of hydrogen-bond acceptors (Lipinski definition) is 4. The quantitative estimate of drug-likeness (QED) is 0.240. The Morgan fingerprint density at radius 2 is 1.94 bits per heavy atom. The lowest BCUT2D eigenvalue weighted by Crippen LogP contribution is -2.39. The fourth-order valence-corrected chi connectivity index (χ4v) is 2.62. The molecule has 0 spiro atoms. The van der Waals surface area contributed by atoms with Crippen molar-refractivity contribution in [3.05, 3.63) is 0 Å². The summed E-state index contributed by atoms with van der Waals surface area (Å²) in [6.45, 7) is 2.52. The van der Waals surface area contributed by atoms with Gasteiger partial charge in [0.05, 0.1) is 6.61 Å². The van der Waals surface area contributed by atoms with Crippen LogP contribution in [-0.2, 0) is 4.74 Å². The van der Waals surface area contributed by atoms with Crippen molar-refractivity contribution in [2.45, 2.75) is 51.0 Å². The van der Waals surface area contributed by atoms with Crippen molar-refractivity contribution < 1.29 is 9.94 Å². The Balaban J connectivity index is 2.46. The maximum Gasteiger partial charge on any atom is 0.140 e. The monoisotopic (exact) mass is 257 g/mol. The number of oxime groups is 1. The molecule has 0 radical (unpaired) electrons. The molecule has 5 nitrogen and oxygen atoms in total. The molecule has 1 aliphatic rings. The molecule has 1 aliphatic carbocycles. The maximum absolute atomic E-state index is 8.60. The highest BCUT2D eigenvalue weighted by atomic mass is 16.5. The highest BCUT2D eigenvalue weighted by molar-refractivity contribution is 5.79. The summed E-state index contributed by atoms with van der Waals surface area (Å²) in [7, 11) is 1.73. The summed E-state index contributed by atoms with van der Waals surface area (Å²) in [6, 6.07) is 0.633. The molecule has 0 amide bonds. The summed E-state index contributed by atoms with van der Waals surface area (Å²) >= 11 is 0. The van der Waals surface area contributed by atoms with E-state index in [1.807, 2.05) is 0 Å². The SMILES string of the molecule is COCCN(CCC(N)=NO)C1CCCCCC1. The Morgan fingerprint density at radius 3 is 2.50 bits per heavy atom. The third-order valence-corrected chi connectivity index (χ3v) is 3.71. The molecule has 5 heteroatoms. The Hall–Kier alpha value is -0.810. The van der Waals surface area contributed by atoms with Crippen molar-refractivity contribution in [2.24, 2.45) is 10.9 Å². The van der Waals surface area contributed by atoms with E-state index in [0.29, 0.717) is 18.3 Å². The van der Waals surface area contributed by atoms with Gasteiger partial charge in [-0.3, -0.25) is 4.90 Å². The van der Waals surface area contributed by atoms with Crippen LogP contribution in [0.2, 0.25) is 0 Å². The van der Waals surface area contributed by atoms with Crippen LogP contribution >= 0.6 is 0 Å². The van der Waals surface area contributed by atoms with Crippen LogP contribution < -0.4 is 5.73 Å². The summed E-state index contributed by atoms with van der Waals surface area (Å²) in [5.74, 6) is 0.311. The smallest absolute Gasteiger partial charge is 0.140 e. The Morgan fingerprint density at radius 1 is 1.28 bits per heavy atom. The molecule has 1 saturated carbocycles. The van der Waals surface area contributed by atoms with Gasteiger partial charge in [-0.2, -0.15) is 0 Å². The second kappa shape index (κ2) is 9.16. The minimum atomic E-state index is 0.311. The molecule has 0 aromatic rings. The molecule has 106 valence electrons. The van der Waals surface area contributed by atoms with E-state index in [0.717, 1.165) is 19.7 Å². The molecule has 0 saturated heterocycles. The fourth-order valence-electron chi connectivity index (χ4n) is 2.62. The molecule has 0 bridgehead atoms. The Labute approximate surface area is 110 Å². The summed E-state index contributed by atoms with van der Waals surface area (Å²) in [5, 5.41) is 11.6. The molecule has 0 unspecified atom stereocenters. The van der Waals surface area contributed by atoms with E-state index in [1.165, 1.54) is 38.5 Å². The largest absolute Gasteiger partial charge is 0.409 e.